The van der Waals surface area contributed by atoms with Crippen molar-refractivity contribution in [3.63, 3.8) is 0 Å². The molecule has 2 aromatic carbocycles. The largest absolute Gasteiger partial charge is 0.493 e. The average Bonchev–Trinajstić information content (AvgIpc) is 3.47. The molecule has 36 heavy (non-hydrogen) atoms. The van der Waals surface area contributed by atoms with E-state index >= 15 is 0 Å². The number of aromatic carboxylic acids is 2. The molecule has 0 spiro atoms. The maximum atomic E-state index is 14.7. The summed E-state index contributed by atoms with van der Waals surface area (Å²) in [5.41, 5.74) is 1.81. The predicted molar refractivity (Wildman–Crippen MR) is 133 cm³/mol. The number of urea groups is 1. The Morgan fingerprint density at radius 1 is 1.08 bits per heavy atom. The highest BCUT2D eigenvalue weighted by Gasteiger charge is 2.24. The van der Waals surface area contributed by atoms with Crippen molar-refractivity contribution >= 4 is 73.8 Å². The van der Waals surface area contributed by atoms with Gasteiger partial charge in [0.15, 0.2) is 17.3 Å². The number of rotatable bonds is 8. The van der Waals surface area contributed by atoms with Crippen LogP contribution >= 0.6 is 34.3 Å². The lowest BCUT2D eigenvalue weighted by Gasteiger charge is -2.15. The zero-order chi connectivity index (χ0) is 26.0. The Morgan fingerprint density at radius 3 is 2.53 bits per heavy atom. The van der Waals surface area contributed by atoms with E-state index in [-0.39, 0.29) is 29.5 Å². The first-order valence-corrected chi connectivity index (χ1v) is 12.0. The quantitative estimate of drug-likeness (QED) is 0.215. The molecule has 0 aliphatic heterocycles. The fraction of sp³-hybridized carbons (Fsp3) is 0.0909. The van der Waals surface area contributed by atoms with E-state index in [1.807, 2.05) is 6.07 Å². The van der Waals surface area contributed by atoms with Crippen LogP contribution in [0.2, 0.25) is 5.02 Å². The summed E-state index contributed by atoms with van der Waals surface area (Å²) in [6.45, 7) is -0.0254. The monoisotopic (exact) mass is 551 g/mol. The number of aromatic nitrogens is 1. The zero-order valence-corrected chi connectivity index (χ0v) is 20.5. The summed E-state index contributed by atoms with van der Waals surface area (Å²) >= 11 is 8.37. The van der Waals surface area contributed by atoms with Crippen molar-refractivity contribution in [2.24, 2.45) is 0 Å². The molecule has 0 saturated carbocycles. The number of carboxylic acid groups (broad SMARTS) is 2. The van der Waals surface area contributed by atoms with Crippen LogP contribution in [0.4, 0.5) is 20.6 Å². The highest BCUT2D eigenvalue weighted by molar-refractivity contribution is 7.16. The van der Waals surface area contributed by atoms with Gasteiger partial charge in [-0.2, -0.15) is 0 Å². The lowest BCUT2D eigenvalue weighted by atomic mass is 10.2. The smallest absolute Gasteiger partial charge is 0.346 e. The number of anilines is 2. The minimum absolute atomic E-state index is 0.0254. The molecule has 0 unspecified atom stereocenters. The maximum absolute atomic E-state index is 14.7. The van der Waals surface area contributed by atoms with Crippen LogP contribution < -0.4 is 20.1 Å². The summed E-state index contributed by atoms with van der Waals surface area (Å²) in [7, 11) is 1.32. The number of hydrogen-bond acceptors (Lipinski definition) is 8. The Kier molecular flexibility index (Phi) is 7.24. The van der Waals surface area contributed by atoms with Crippen LogP contribution in [0.5, 0.6) is 11.5 Å². The molecule has 2 aromatic heterocycles. The third kappa shape index (κ3) is 5.03. The van der Waals surface area contributed by atoms with Gasteiger partial charge >= 0.3 is 18.0 Å². The third-order valence-electron chi connectivity index (χ3n) is 4.87. The Hall–Kier alpha value is -3.94. The Balaban J connectivity index is 1.56. The number of carbonyl (C=O) groups is 3. The third-order valence-corrected chi connectivity index (χ3v) is 6.99. The molecular formula is C22H15ClFN3O7S2. The topological polar surface area (TPSA) is 147 Å². The van der Waals surface area contributed by atoms with Crippen molar-refractivity contribution in [3.05, 3.63) is 62.0 Å². The molecule has 0 radical (unpaired) electrons. The van der Waals surface area contributed by atoms with Gasteiger partial charge in [-0.3, -0.25) is 0 Å². The standard InChI is InChI=1S/C22H15ClFN3O7S2/c1-33-14-4-11(24)12(26-22(32)27-13-7-35-19(21(30)31)17(13)20(28)29)5-15(14)34-6-9-10(23)2-3-16-18(9)25-8-36-16/h2-5,7-8H,6H2,1H3,(H,28,29)(H,30,31)(H2,26,27,32). The zero-order valence-electron chi connectivity index (χ0n) is 18.1. The number of methoxy groups -OCH3 is 1. The summed E-state index contributed by atoms with van der Waals surface area (Å²) < 4.78 is 26.6. The summed E-state index contributed by atoms with van der Waals surface area (Å²) in [5, 5.41) is 24.5. The van der Waals surface area contributed by atoms with Crippen LogP contribution in [0.25, 0.3) is 10.2 Å². The van der Waals surface area contributed by atoms with Crippen molar-refractivity contribution in [2.45, 2.75) is 6.61 Å². The molecule has 14 heteroatoms. The van der Waals surface area contributed by atoms with Crippen molar-refractivity contribution in [2.75, 3.05) is 17.7 Å². The molecule has 0 saturated heterocycles. The number of benzene rings is 2. The number of carboxylic acids is 2. The molecule has 4 rings (SSSR count). The summed E-state index contributed by atoms with van der Waals surface area (Å²) in [6.07, 6.45) is 0. The van der Waals surface area contributed by atoms with E-state index in [2.05, 4.69) is 15.6 Å². The van der Waals surface area contributed by atoms with Crippen LogP contribution in [-0.4, -0.2) is 40.3 Å². The Bertz CT molecular complexity index is 1500. The molecule has 186 valence electrons. The van der Waals surface area contributed by atoms with E-state index < -0.39 is 34.2 Å². The number of nitrogens with zero attached hydrogens (tertiary/aromatic N) is 1. The molecular weight excluding hydrogens is 537 g/mol. The van der Waals surface area contributed by atoms with Crippen LogP contribution in [0, 0.1) is 5.82 Å². The van der Waals surface area contributed by atoms with E-state index in [4.69, 9.17) is 26.2 Å². The highest BCUT2D eigenvalue weighted by Crippen LogP contribution is 2.35. The molecule has 0 bridgehead atoms. The second-order valence-electron chi connectivity index (χ2n) is 7.04. The lowest BCUT2D eigenvalue weighted by Crippen LogP contribution is -2.21. The number of nitrogens with one attached hydrogen (secondary N) is 2. The minimum atomic E-state index is -1.54. The molecule has 2 amide bonds. The first kappa shape index (κ1) is 25.2. The van der Waals surface area contributed by atoms with E-state index in [0.29, 0.717) is 27.4 Å². The first-order chi connectivity index (χ1) is 17.2. The second-order valence-corrected chi connectivity index (χ2v) is 9.21. The van der Waals surface area contributed by atoms with Gasteiger partial charge in [-0.05, 0) is 12.1 Å². The second kappa shape index (κ2) is 10.4. The molecule has 4 N–H and O–H groups in total. The van der Waals surface area contributed by atoms with E-state index in [1.165, 1.54) is 24.5 Å². The van der Waals surface area contributed by atoms with Crippen molar-refractivity contribution in [3.8, 4) is 11.5 Å². The predicted octanol–water partition coefficient (Wildman–Crippen LogP) is 5.78. The van der Waals surface area contributed by atoms with Crippen LogP contribution in [0.3, 0.4) is 0 Å². The van der Waals surface area contributed by atoms with Gasteiger partial charge in [0.2, 0.25) is 0 Å². The number of halogens is 2. The van der Waals surface area contributed by atoms with E-state index in [9.17, 15) is 23.9 Å². The molecule has 4 aromatic rings. The Morgan fingerprint density at radius 2 is 1.83 bits per heavy atom. The van der Waals surface area contributed by atoms with E-state index in [0.717, 1.165) is 16.1 Å². The fourth-order valence-electron chi connectivity index (χ4n) is 3.25. The van der Waals surface area contributed by atoms with Gasteiger partial charge in [0, 0.05) is 28.1 Å². The maximum Gasteiger partial charge on any atom is 0.346 e. The van der Waals surface area contributed by atoms with Crippen LogP contribution in [0.15, 0.2) is 35.2 Å². The first-order valence-electron chi connectivity index (χ1n) is 9.86. The molecule has 0 aliphatic carbocycles. The molecule has 0 aliphatic rings. The lowest BCUT2D eigenvalue weighted by molar-refractivity contribution is 0.0657. The van der Waals surface area contributed by atoms with Crippen molar-refractivity contribution in [1.29, 1.82) is 0 Å². The number of thiazole rings is 1. The van der Waals surface area contributed by atoms with Crippen LogP contribution in [-0.2, 0) is 6.61 Å². The van der Waals surface area contributed by atoms with Gasteiger partial charge in [0.05, 0.1) is 34.2 Å². The van der Waals surface area contributed by atoms with Crippen molar-refractivity contribution < 1.29 is 38.5 Å². The van der Waals surface area contributed by atoms with E-state index in [1.54, 1.807) is 11.6 Å². The van der Waals surface area contributed by atoms with Gasteiger partial charge in [0.1, 0.15) is 17.0 Å². The molecule has 0 fully saturated rings. The number of amides is 2. The molecule has 10 nitrogen and oxygen atoms in total. The molecule has 0 atom stereocenters. The van der Waals surface area contributed by atoms with Gasteiger partial charge < -0.3 is 30.3 Å². The number of thiophene rings is 1. The number of ether oxygens (including phenoxy) is 2. The fourth-order valence-corrected chi connectivity index (χ4v) is 4.99. The molecule has 2 heterocycles. The summed E-state index contributed by atoms with van der Waals surface area (Å²) in [6, 6.07) is 4.74. The number of carbonyl (C=O) groups excluding carboxylic acids is 1. The summed E-state index contributed by atoms with van der Waals surface area (Å²) in [4.78, 5) is 39.0. The SMILES string of the molecule is COc1cc(F)c(NC(=O)Nc2csc(C(=O)O)c2C(=O)O)cc1OCc1c(Cl)ccc2scnc12. The Labute approximate surface area is 214 Å². The van der Waals surface area contributed by atoms with Gasteiger partial charge in [-0.15, -0.1) is 22.7 Å². The normalized spacial score (nSPS) is 10.8. The van der Waals surface area contributed by atoms with Gasteiger partial charge in [-0.1, -0.05) is 11.6 Å². The van der Waals surface area contributed by atoms with Gasteiger partial charge in [-0.25, -0.2) is 23.8 Å². The summed E-state index contributed by atoms with van der Waals surface area (Å²) in [5.74, 6) is -3.71. The number of hydrogen-bond donors (Lipinski definition) is 4. The number of fused-ring (bicyclic) bond motifs is 1. The average molecular weight is 552 g/mol. The van der Waals surface area contributed by atoms with Crippen LogP contribution in [0.1, 0.15) is 25.6 Å². The van der Waals surface area contributed by atoms with Gasteiger partial charge in [0.25, 0.3) is 0 Å². The van der Waals surface area contributed by atoms with Crippen molar-refractivity contribution in [1.82, 2.24) is 4.98 Å². The minimum Gasteiger partial charge on any atom is -0.493 e. The highest BCUT2D eigenvalue weighted by atomic mass is 35.5.